The van der Waals surface area contributed by atoms with E-state index >= 15 is 0 Å². The van der Waals surface area contributed by atoms with Gasteiger partial charge in [0.2, 0.25) is 17.7 Å². The van der Waals surface area contributed by atoms with Crippen molar-refractivity contribution >= 4 is 34.2 Å². The van der Waals surface area contributed by atoms with Crippen LogP contribution in [0.5, 0.6) is 0 Å². The molecule has 0 aliphatic carbocycles. The number of benzene rings is 1. The zero-order valence-corrected chi connectivity index (χ0v) is 16.1. The summed E-state index contributed by atoms with van der Waals surface area (Å²) in [5.74, 6) is -0.729. The molecule has 1 aliphatic heterocycles. The predicted octanol–water partition coefficient (Wildman–Crippen LogP) is 3.62. The lowest BCUT2D eigenvalue weighted by molar-refractivity contribution is -0.139. The molecule has 1 aliphatic rings. The van der Waals surface area contributed by atoms with E-state index in [4.69, 9.17) is 0 Å². The highest BCUT2D eigenvalue weighted by molar-refractivity contribution is 7.15. The molecule has 0 saturated carbocycles. The number of hydrogen-bond donors (Lipinski definition) is 1. The standard InChI is InChI=1S/C19H18F3N3O3S/c20-19(21,22)13-4-1-3-12(9-13)10-14-11-23-18(29-14)24-15(26)5-2-8-25-16(27)6-7-17(25)28/h1,3-4,9,11H,2,5-8,10H2,(H,23,24,26). The number of likely N-dealkylation sites (tertiary alicyclic amines) is 1. The Morgan fingerprint density at radius 3 is 2.62 bits per heavy atom. The quantitative estimate of drug-likeness (QED) is 0.688. The molecule has 10 heteroatoms. The molecule has 2 aromatic rings. The van der Waals surface area contributed by atoms with Crippen molar-refractivity contribution in [3.05, 3.63) is 46.5 Å². The maximum atomic E-state index is 12.8. The molecule has 0 bridgehead atoms. The largest absolute Gasteiger partial charge is 0.416 e. The van der Waals surface area contributed by atoms with Gasteiger partial charge >= 0.3 is 6.18 Å². The molecule has 0 spiro atoms. The molecule has 1 aromatic carbocycles. The van der Waals surface area contributed by atoms with Crippen LogP contribution < -0.4 is 5.32 Å². The van der Waals surface area contributed by atoms with Crippen LogP contribution in [-0.2, 0) is 27.0 Å². The summed E-state index contributed by atoms with van der Waals surface area (Å²) in [5.41, 5.74) is -0.204. The number of alkyl halides is 3. The third-order valence-electron chi connectivity index (χ3n) is 4.37. The fourth-order valence-electron chi connectivity index (χ4n) is 2.96. The molecule has 2 heterocycles. The first-order valence-electron chi connectivity index (χ1n) is 8.96. The van der Waals surface area contributed by atoms with Crippen LogP contribution >= 0.6 is 11.3 Å². The lowest BCUT2D eigenvalue weighted by Gasteiger charge is -2.12. The minimum Gasteiger partial charge on any atom is -0.302 e. The van der Waals surface area contributed by atoms with Gasteiger partial charge in [0.05, 0.1) is 5.56 Å². The van der Waals surface area contributed by atoms with Gasteiger partial charge in [-0.05, 0) is 18.1 Å². The van der Waals surface area contributed by atoms with Crippen LogP contribution in [0.15, 0.2) is 30.5 Å². The highest BCUT2D eigenvalue weighted by atomic mass is 32.1. The lowest BCUT2D eigenvalue weighted by Crippen LogP contribution is -2.30. The molecule has 0 unspecified atom stereocenters. The van der Waals surface area contributed by atoms with Crippen LogP contribution in [0.2, 0.25) is 0 Å². The zero-order chi connectivity index (χ0) is 21.0. The van der Waals surface area contributed by atoms with Crippen LogP contribution in [0.1, 0.15) is 41.7 Å². The van der Waals surface area contributed by atoms with Crippen molar-refractivity contribution in [2.24, 2.45) is 0 Å². The Morgan fingerprint density at radius 2 is 1.93 bits per heavy atom. The van der Waals surface area contributed by atoms with Crippen molar-refractivity contribution in [3.63, 3.8) is 0 Å². The smallest absolute Gasteiger partial charge is 0.302 e. The first-order chi connectivity index (χ1) is 13.7. The van der Waals surface area contributed by atoms with Gasteiger partial charge in [0.25, 0.3) is 0 Å². The minimum atomic E-state index is -4.40. The number of thiazole rings is 1. The van der Waals surface area contributed by atoms with Gasteiger partial charge in [-0.25, -0.2) is 4.98 Å². The Balaban J connectivity index is 1.49. The third-order valence-corrected chi connectivity index (χ3v) is 5.29. The van der Waals surface area contributed by atoms with Gasteiger partial charge in [-0.1, -0.05) is 18.2 Å². The Bertz CT molecular complexity index is 911. The summed E-state index contributed by atoms with van der Waals surface area (Å²) in [6.45, 7) is 0.212. The van der Waals surface area contributed by atoms with Crippen LogP contribution in [0.25, 0.3) is 0 Å². The van der Waals surface area contributed by atoms with E-state index in [1.165, 1.54) is 28.5 Å². The van der Waals surface area contributed by atoms with Gasteiger partial charge in [-0.3, -0.25) is 19.3 Å². The van der Waals surface area contributed by atoms with E-state index in [-0.39, 0.29) is 49.9 Å². The molecule has 1 saturated heterocycles. The van der Waals surface area contributed by atoms with E-state index in [2.05, 4.69) is 10.3 Å². The van der Waals surface area contributed by atoms with Crippen LogP contribution in [-0.4, -0.2) is 34.2 Å². The Labute approximate surface area is 168 Å². The molecule has 0 atom stereocenters. The number of carbonyl (C=O) groups is 3. The molecular formula is C19H18F3N3O3S. The summed E-state index contributed by atoms with van der Waals surface area (Å²) in [7, 11) is 0. The molecule has 0 radical (unpaired) electrons. The summed E-state index contributed by atoms with van der Waals surface area (Å²) < 4.78 is 38.4. The topological polar surface area (TPSA) is 79.4 Å². The monoisotopic (exact) mass is 425 g/mol. The zero-order valence-electron chi connectivity index (χ0n) is 15.3. The molecule has 6 nitrogen and oxygen atoms in total. The maximum Gasteiger partial charge on any atom is 0.416 e. The second-order valence-corrected chi connectivity index (χ2v) is 7.71. The molecule has 29 heavy (non-hydrogen) atoms. The molecule has 1 N–H and O–H groups in total. The number of halogens is 3. The van der Waals surface area contributed by atoms with Crippen molar-refractivity contribution in [1.82, 2.24) is 9.88 Å². The number of anilines is 1. The molecular weight excluding hydrogens is 407 g/mol. The third kappa shape index (κ3) is 5.63. The minimum absolute atomic E-state index is 0.125. The van der Waals surface area contributed by atoms with E-state index in [0.29, 0.717) is 22.0 Å². The Kier molecular flexibility index (Phi) is 6.31. The molecule has 3 rings (SSSR count). The van der Waals surface area contributed by atoms with Crippen molar-refractivity contribution in [2.75, 3.05) is 11.9 Å². The SMILES string of the molecule is O=C(CCCN1C(=O)CCC1=O)Nc1ncc(Cc2cccc(C(F)(F)F)c2)s1. The summed E-state index contributed by atoms with van der Waals surface area (Å²) in [6, 6.07) is 5.08. The average Bonchev–Trinajstić information content (AvgIpc) is 3.22. The summed E-state index contributed by atoms with van der Waals surface area (Å²) in [5, 5.41) is 2.98. The lowest BCUT2D eigenvalue weighted by atomic mass is 10.1. The average molecular weight is 425 g/mol. The fourth-order valence-corrected chi connectivity index (χ4v) is 3.82. The van der Waals surface area contributed by atoms with E-state index in [1.54, 1.807) is 6.07 Å². The van der Waals surface area contributed by atoms with Crippen LogP contribution in [0.4, 0.5) is 18.3 Å². The van der Waals surface area contributed by atoms with E-state index in [0.717, 1.165) is 12.1 Å². The first-order valence-corrected chi connectivity index (χ1v) is 9.78. The highest BCUT2D eigenvalue weighted by Crippen LogP contribution is 2.30. The Morgan fingerprint density at radius 1 is 1.21 bits per heavy atom. The summed E-state index contributed by atoms with van der Waals surface area (Å²) in [6.07, 6.45) is -1.69. The number of nitrogens with one attached hydrogen (secondary N) is 1. The molecule has 3 amide bonds. The highest BCUT2D eigenvalue weighted by Gasteiger charge is 2.30. The summed E-state index contributed by atoms with van der Waals surface area (Å²) >= 11 is 1.19. The van der Waals surface area contributed by atoms with Crippen molar-refractivity contribution in [1.29, 1.82) is 0 Å². The second-order valence-electron chi connectivity index (χ2n) is 6.60. The predicted molar refractivity (Wildman–Crippen MR) is 100 cm³/mol. The van der Waals surface area contributed by atoms with Gasteiger partial charge < -0.3 is 5.32 Å². The number of aromatic nitrogens is 1. The molecule has 154 valence electrons. The number of imide groups is 1. The van der Waals surface area contributed by atoms with Gasteiger partial charge in [0.1, 0.15) is 0 Å². The number of amides is 3. The fraction of sp³-hybridized carbons (Fsp3) is 0.368. The van der Waals surface area contributed by atoms with Gasteiger partial charge in [-0.2, -0.15) is 13.2 Å². The van der Waals surface area contributed by atoms with E-state index < -0.39 is 11.7 Å². The second kappa shape index (κ2) is 8.73. The number of hydrogen-bond acceptors (Lipinski definition) is 5. The van der Waals surface area contributed by atoms with Crippen molar-refractivity contribution < 1.29 is 27.6 Å². The molecule has 1 fully saturated rings. The number of carbonyl (C=O) groups excluding carboxylic acids is 3. The van der Waals surface area contributed by atoms with Gasteiger partial charge in [-0.15, -0.1) is 11.3 Å². The van der Waals surface area contributed by atoms with Crippen molar-refractivity contribution in [2.45, 2.75) is 38.3 Å². The number of rotatable bonds is 7. The molecule has 1 aromatic heterocycles. The van der Waals surface area contributed by atoms with Gasteiger partial charge in [0.15, 0.2) is 5.13 Å². The maximum absolute atomic E-state index is 12.8. The Hall–Kier alpha value is -2.75. The van der Waals surface area contributed by atoms with E-state index in [9.17, 15) is 27.6 Å². The van der Waals surface area contributed by atoms with Crippen LogP contribution in [0, 0.1) is 0 Å². The normalized spacial score (nSPS) is 14.5. The first kappa shape index (κ1) is 21.0. The number of nitrogens with zero attached hydrogens (tertiary/aromatic N) is 2. The van der Waals surface area contributed by atoms with Gasteiger partial charge in [0, 0.05) is 43.3 Å². The van der Waals surface area contributed by atoms with E-state index in [1.807, 2.05) is 0 Å². The van der Waals surface area contributed by atoms with Crippen molar-refractivity contribution in [3.8, 4) is 0 Å². The summed E-state index contributed by atoms with van der Waals surface area (Å²) in [4.78, 5) is 41.0. The van der Waals surface area contributed by atoms with Crippen LogP contribution in [0.3, 0.4) is 0 Å².